The topological polar surface area (TPSA) is 47.4 Å². The fourth-order valence-corrected chi connectivity index (χ4v) is 3.38. The second-order valence-corrected chi connectivity index (χ2v) is 6.37. The highest BCUT2D eigenvalue weighted by Crippen LogP contribution is 2.26. The first-order valence-electron chi connectivity index (χ1n) is 8.49. The molecule has 5 heteroatoms. The summed E-state index contributed by atoms with van der Waals surface area (Å²) in [5, 5.41) is 0. The van der Waals surface area contributed by atoms with Crippen molar-refractivity contribution in [2.45, 2.75) is 39.3 Å². The average molecular weight is 327 g/mol. The maximum absolute atomic E-state index is 12.8. The van der Waals surface area contributed by atoms with E-state index in [1.54, 1.807) is 7.11 Å². The van der Waals surface area contributed by atoms with Crippen molar-refractivity contribution in [1.29, 1.82) is 0 Å². The molecule has 0 fully saturated rings. The Hall–Kier alpha value is -2.14. The van der Waals surface area contributed by atoms with Gasteiger partial charge < -0.3 is 14.2 Å². The number of aromatic nitrogens is 2. The lowest BCUT2D eigenvalue weighted by atomic mass is 10.0. The number of aryl methyl sites for hydroxylation is 1. The van der Waals surface area contributed by atoms with E-state index in [0.29, 0.717) is 13.0 Å². The lowest BCUT2D eigenvalue weighted by Crippen LogP contribution is -2.42. The van der Waals surface area contributed by atoms with Gasteiger partial charge in [0.15, 0.2) is 0 Å². The molecule has 0 radical (unpaired) electrons. The SMILES string of the molecule is COCCc1cnc2n1CCN(C(=O)Cc1ccccc1C)[C@@H]2C. The Morgan fingerprint density at radius 2 is 2.12 bits per heavy atom. The molecule has 1 aliphatic heterocycles. The number of hydrogen-bond acceptors (Lipinski definition) is 3. The first-order valence-corrected chi connectivity index (χ1v) is 8.49. The third kappa shape index (κ3) is 3.22. The first kappa shape index (κ1) is 16.7. The Balaban J connectivity index is 1.74. The van der Waals surface area contributed by atoms with Gasteiger partial charge in [0.1, 0.15) is 5.82 Å². The third-order valence-electron chi connectivity index (χ3n) is 4.86. The summed E-state index contributed by atoms with van der Waals surface area (Å²) < 4.78 is 7.40. The van der Waals surface area contributed by atoms with Crippen molar-refractivity contribution in [2.24, 2.45) is 0 Å². The van der Waals surface area contributed by atoms with Crippen LogP contribution in [0, 0.1) is 6.92 Å². The molecule has 0 bridgehead atoms. The van der Waals surface area contributed by atoms with Crippen LogP contribution in [-0.2, 0) is 28.9 Å². The number of imidazole rings is 1. The van der Waals surface area contributed by atoms with Crippen LogP contribution in [0.3, 0.4) is 0 Å². The molecule has 1 aromatic heterocycles. The molecule has 0 unspecified atom stereocenters. The minimum Gasteiger partial charge on any atom is -0.384 e. The fraction of sp³-hybridized carbons (Fsp3) is 0.474. The minimum absolute atomic E-state index is 0.00608. The molecule has 1 aliphatic rings. The summed E-state index contributed by atoms with van der Waals surface area (Å²) in [6.07, 6.45) is 3.22. The zero-order valence-corrected chi connectivity index (χ0v) is 14.7. The largest absolute Gasteiger partial charge is 0.384 e. The number of ether oxygens (including phenoxy) is 1. The Morgan fingerprint density at radius 1 is 1.33 bits per heavy atom. The molecule has 1 amide bonds. The summed E-state index contributed by atoms with van der Waals surface area (Å²) in [6.45, 7) is 6.34. The molecule has 0 spiro atoms. The normalized spacial score (nSPS) is 17.0. The van der Waals surface area contributed by atoms with Gasteiger partial charge in [0.25, 0.3) is 0 Å². The van der Waals surface area contributed by atoms with Crippen LogP contribution in [0.4, 0.5) is 0 Å². The van der Waals surface area contributed by atoms with E-state index in [9.17, 15) is 4.79 Å². The molecule has 3 rings (SSSR count). The second-order valence-electron chi connectivity index (χ2n) is 6.37. The molecule has 1 aromatic carbocycles. The van der Waals surface area contributed by atoms with Crippen LogP contribution < -0.4 is 0 Å². The van der Waals surface area contributed by atoms with E-state index in [4.69, 9.17) is 4.74 Å². The maximum atomic E-state index is 12.8. The Labute approximate surface area is 143 Å². The molecule has 5 nitrogen and oxygen atoms in total. The molecular weight excluding hydrogens is 302 g/mol. The molecule has 2 aromatic rings. The Bertz CT molecular complexity index is 723. The van der Waals surface area contributed by atoms with Crippen molar-refractivity contribution in [3.8, 4) is 0 Å². The first-order chi connectivity index (χ1) is 11.6. The monoisotopic (exact) mass is 327 g/mol. The molecule has 0 saturated carbocycles. The van der Waals surface area contributed by atoms with E-state index >= 15 is 0 Å². The Morgan fingerprint density at radius 3 is 2.88 bits per heavy atom. The number of nitrogens with zero attached hydrogens (tertiary/aromatic N) is 3. The maximum Gasteiger partial charge on any atom is 0.227 e. The number of rotatable bonds is 5. The predicted octanol–water partition coefficient (Wildman–Crippen LogP) is 2.53. The molecule has 1 atom stereocenters. The van der Waals surface area contributed by atoms with Crippen molar-refractivity contribution in [3.05, 3.63) is 53.1 Å². The van der Waals surface area contributed by atoms with Crippen molar-refractivity contribution in [3.63, 3.8) is 0 Å². The highest BCUT2D eigenvalue weighted by atomic mass is 16.5. The van der Waals surface area contributed by atoms with E-state index in [-0.39, 0.29) is 11.9 Å². The number of carbonyl (C=O) groups excluding carboxylic acids is 1. The molecule has 24 heavy (non-hydrogen) atoms. The lowest BCUT2D eigenvalue weighted by Gasteiger charge is -2.34. The van der Waals surface area contributed by atoms with E-state index in [2.05, 4.69) is 29.5 Å². The van der Waals surface area contributed by atoms with Gasteiger partial charge in [-0.1, -0.05) is 24.3 Å². The summed E-state index contributed by atoms with van der Waals surface area (Å²) in [5.41, 5.74) is 3.45. The van der Waals surface area contributed by atoms with E-state index in [1.165, 1.54) is 11.3 Å². The van der Waals surface area contributed by atoms with Crippen LogP contribution in [0.25, 0.3) is 0 Å². The molecular formula is C19H25N3O2. The number of methoxy groups -OCH3 is 1. The van der Waals surface area contributed by atoms with Crippen molar-refractivity contribution >= 4 is 5.91 Å². The van der Waals surface area contributed by atoms with Crippen LogP contribution in [0.2, 0.25) is 0 Å². The van der Waals surface area contributed by atoms with E-state index in [0.717, 1.165) is 30.9 Å². The number of amides is 1. The summed E-state index contributed by atoms with van der Waals surface area (Å²) >= 11 is 0. The summed E-state index contributed by atoms with van der Waals surface area (Å²) in [7, 11) is 1.71. The average Bonchev–Trinajstić information content (AvgIpc) is 2.99. The predicted molar refractivity (Wildman–Crippen MR) is 92.8 cm³/mol. The summed E-state index contributed by atoms with van der Waals surface area (Å²) in [6, 6.07) is 8.09. The molecule has 0 N–H and O–H groups in total. The van der Waals surface area contributed by atoms with Crippen LogP contribution >= 0.6 is 0 Å². The van der Waals surface area contributed by atoms with Gasteiger partial charge in [0.2, 0.25) is 5.91 Å². The second kappa shape index (κ2) is 7.18. The van der Waals surface area contributed by atoms with Crippen LogP contribution in [0.15, 0.2) is 30.5 Å². The molecule has 2 heterocycles. The standard InChI is InChI=1S/C19H25N3O2/c1-14-6-4-5-7-16(14)12-18(23)21-9-10-22-17(8-11-24-3)13-20-19(22)15(21)2/h4-7,13,15H,8-12H2,1-3H3/t15-/m1/s1. The van der Waals surface area contributed by atoms with Gasteiger partial charge >= 0.3 is 0 Å². The zero-order chi connectivity index (χ0) is 17.1. The highest BCUT2D eigenvalue weighted by molar-refractivity contribution is 5.79. The van der Waals surface area contributed by atoms with Crippen LogP contribution in [0.1, 0.15) is 35.6 Å². The number of hydrogen-bond donors (Lipinski definition) is 0. The quantitative estimate of drug-likeness (QED) is 0.848. The van der Waals surface area contributed by atoms with Crippen LogP contribution in [0.5, 0.6) is 0 Å². The van der Waals surface area contributed by atoms with Gasteiger partial charge in [-0.25, -0.2) is 4.98 Å². The number of fused-ring (bicyclic) bond motifs is 1. The summed E-state index contributed by atoms with van der Waals surface area (Å²) in [5.74, 6) is 1.15. The smallest absolute Gasteiger partial charge is 0.227 e. The Kier molecular flexibility index (Phi) is 5.00. The van der Waals surface area contributed by atoms with Gasteiger partial charge in [0, 0.05) is 38.5 Å². The van der Waals surface area contributed by atoms with Crippen LogP contribution in [-0.4, -0.2) is 40.6 Å². The molecule has 128 valence electrons. The minimum atomic E-state index is 0.00608. The van der Waals surface area contributed by atoms with E-state index < -0.39 is 0 Å². The van der Waals surface area contributed by atoms with Gasteiger partial charge in [0.05, 0.1) is 19.1 Å². The number of carbonyl (C=O) groups is 1. The van der Waals surface area contributed by atoms with Gasteiger partial charge in [-0.2, -0.15) is 0 Å². The molecule has 0 saturated heterocycles. The third-order valence-corrected chi connectivity index (χ3v) is 4.86. The lowest BCUT2D eigenvalue weighted by molar-refractivity contribution is -0.133. The van der Waals surface area contributed by atoms with Crippen molar-refractivity contribution in [1.82, 2.24) is 14.5 Å². The highest BCUT2D eigenvalue weighted by Gasteiger charge is 2.30. The van der Waals surface area contributed by atoms with Gasteiger partial charge in [-0.3, -0.25) is 4.79 Å². The zero-order valence-electron chi connectivity index (χ0n) is 14.7. The van der Waals surface area contributed by atoms with Crippen molar-refractivity contribution in [2.75, 3.05) is 20.3 Å². The number of benzene rings is 1. The fourth-order valence-electron chi connectivity index (χ4n) is 3.38. The van der Waals surface area contributed by atoms with Gasteiger partial charge in [-0.15, -0.1) is 0 Å². The van der Waals surface area contributed by atoms with Gasteiger partial charge in [-0.05, 0) is 25.0 Å². The van der Waals surface area contributed by atoms with Crippen molar-refractivity contribution < 1.29 is 9.53 Å². The van der Waals surface area contributed by atoms with E-state index in [1.807, 2.05) is 29.3 Å². The molecule has 0 aliphatic carbocycles. The summed E-state index contributed by atoms with van der Waals surface area (Å²) in [4.78, 5) is 19.3.